The summed E-state index contributed by atoms with van der Waals surface area (Å²) in [7, 11) is 1.71. The van der Waals surface area contributed by atoms with Crippen LogP contribution in [0.15, 0.2) is 35.3 Å². The van der Waals surface area contributed by atoms with Gasteiger partial charge >= 0.3 is 11.7 Å². The fourth-order valence-corrected chi connectivity index (χ4v) is 2.28. The lowest BCUT2D eigenvalue weighted by Gasteiger charge is -2.09. The molecule has 5 heteroatoms. The first-order valence-electron chi connectivity index (χ1n) is 6.47. The molecule has 2 aromatic rings. The fourth-order valence-electron chi connectivity index (χ4n) is 2.28. The Hall–Kier alpha value is -2.30. The van der Waals surface area contributed by atoms with Gasteiger partial charge in [0.1, 0.15) is 0 Å². The van der Waals surface area contributed by atoms with E-state index in [0.29, 0.717) is 6.42 Å². The molecule has 1 aromatic heterocycles. The van der Waals surface area contributed by atoms with Crippen LogP contribution in [-0.2, 0) is 18.3 Å². The summed E-state index contributed by atoms with van der Waals surface area (Å²) in [6.45, 7) is 3.54. The molecule has 106 valence electrons. The fraction of sp³-hybridized carbons (Fsp3) is 0.333. The van der Waals surface area contributed by atoms with Gasteiger partial charge in [-0.1, -0.05) is 19.1 Å². The molecule has 0 radical (unpaired) electrons. The van der Waals surface area contributed by atoms with Crippen molar-refractivity contribution in [2.24, 2.45) is 13.0 Å². The van der Waals surface area contributed by atoms with E-state index in [1.807, 2.05) is 31.2 Å². The Bertz CT molecular complexity index is 697. The van der Waals surface area contributed by atoms with Crippen molar-refractivity contribution in [3.8, 4) is 5.69 Å². The Balaban J connectivity index is 2.40. The van der Waals surface area contributed by atoms with E-state index in [-0.39, 0.29) is 5.69 Å². The van der Waals surface area contributed by atoms with Gasteiger partial charge in [-0.25, -0.2) is 4.79 Å². The Morgan fingerprint density at radius 3 is 2.65 bits per heavy atom. The number of nitrogens with zero attached hydrogens (tertiary/aromatic N) is 2. The van der Waals surface area contributed by atoms with Crippen LogP contribution in [0.1, 0.15) is 18.2 Å². The smallest absolute Gasteiger partial charge is 0.332 e. The molecule has 0 aliphatic rings. The maximum Gasteiger partial charge on any atom is 0.332 e. The molecule has 2 rings (SSSR count). The molecule has 1 aromatic carbocycles. The summed E-state index contributed by atoms with van der Waals surface area (Å²) in [5.41, 5.74) is 2.42. The van der Waals surface area contributed by atoms with E-state index < -0.39 is 11.9 Å². The highest BCUT2D eigenvalue weighted by atomic mass is 16.4. The molecule has 20 heavy (non-hydrogen) atoms. The first-order valence-corrected chi connectivity index (χ1v) is 6.47. The van der Waals surface area contributed by atoms with Crippen LogP contribution in [0, 0.1) is 12.8 Å². The molecule has 0 amide bonds. The Kier molecular flexibility index (Phi) is 3.79. The van der Waals surface area contributed by atoms with E-state index in [9.17, 15) is 9.59 Å². The van der Waals surface area contributed by atoms with Crippen LogP contribution in [0.2, 0.25) is 0 Å². The van der Waals surface area contributed by atoms with E-state index in [2.05, 4.69) is 0 Å². The monoisotopic (exact) mass is 274 g/mol. The van der Waals surface area contributed by atoms with Crippen molar-refractivity contribution in [1.29, 1.82) is 0 Å². The molecule has 0 saturated heterocycles. The first kappa shape index (κ1) is 14.1. The average Bonchev–Trinajstić information content (AvgIpc) is 2.63. The molecular formula is C15H18N2O3. The van der Waals surface area contributed by atoms with Crippen LogP contribution in [0.4, 0.5) is 0 Å². The number of aliphatic carboxylic acids is 1. The largest absolute Gasteiger partial charge is 0.481 e. The maximum absolute atomic E-state index is 12.1. The number of hydrogen-bond donors (Lipinski definition) is 1. The molecular weight excluding hydrogens is 256 g/mol. The van der Waals surface area contributed by atoms with Gasteiger partial charge in [0.25, 0.3) is 0 Å². The zero-order valence-electron chi connectivity index (χ0n) is 11.8. The summed E-state index contributed by atoms with van der Waals surface area (Å²) in [5.74, 6) is -1.26. The lowest BCUT2D eigenvalue weighted by atomic mass is 10.0. The molecule has 1 heterocycles. The molecule has 0 bridgehead atoms. The van der Waals surface area contributed by atoms with Crippen LogP contribution in [0.5, 0.6) is 0 Å². The summed E-state index contributed by atoms with van der Waals surface area (Å²) in [6, 6.07) is 7.45. The second-order valence-corrected chi connectivity index (χ2v) is 5.11. The molecule has 0 aliphatic heterocycles. The summed E-state index contributed by atoms with van der Waals surface area (Å²) in [5, 5.41) is 8.96. The summed E-state index contributed by atoms with van der Waals surface area (Å²) in [6.07, 6.45) is 2.22. The van der Waals surface area contributed by atoms with Crippen molar-refractivity contribution in [2.45, 2.75) is 20.3 Å². The summed E-state index contributed by atoms with van der Waals surface area (Å²) >= 11 is 0. The zero-order valence-corrected chi connectivity index (χ0v) is 11.8. The molecule has 0 saturated carbocycles. The van der Waals surface area contributed by atoms with Crippen molar-refractivity contribution in [2.75, 3.05) is 0 Å². The van der Waals surface area contributed by atoms with Crippen LogP contribution < -0.4 is 5.69 Å². The van der Waals surface area contributed by atoms with Gasteiger partial charge in [0, 0.05) is 18.9 Å². The third kappa shape index (κ3) is 2.66. The lowest BCUT2D eigenvalue weighted by molar-refractivity contribution is -0.141. The maximum atomic E-state index is 12.1. The number of carboxylic acid groups (broad SMARTS) is 1. The number of carboxylic acids is 1. The SMILES string of the molecule is Cc1cn(C)c(=O)n1-c1cccc(CC(C)C(=O)O)c1. The predicted octanol–water partition coefficient (Wildman–Crippen LogP) is 1.75. The minimum Gasteiger partial charge on any atom is -0.481 e. The minimum atomic E-state index is -0.816. The van der Waals surface area contributed by atoms with Crippen LogP contribution >= 0.6 is 0 Å². The van der Waals surface area contributed by atoms with E-state index in [4.69, 9.17) is 5.11 Å². The minimum absolute atomic E-state index is 0.106. The quantitative estimate of drug-likeness (QED) is 0.923. The number of carbonyl (C=O) groups is 1. The molecule has 5 nitrogen and oxygen atoms in total. The second-order valence-electron chi connectivity index (χ2n) is 5.11. The van der Waals surface area contributed by atoms with Gasteiger partial charge in [0.05, 0.1) is 11.6 Å². The topological polar surface area (TPSA) is 64.2 Å². The van der Waals surface area contributed by atoms with Crippen molar-refractivity contribution in [1.82, 2.24) is 9.13 Å². The number of hydrogen-bond acceptors (Lipinski definition) is 2. The Morgan fingerprint density at radius 2 is 2.10 bits per heavy atom. The Labute approximate surface area is 117 Å². The van der Waals surface area contributed by atoms with Crippen molar-refractivity contribution >= 4 is 5.97 Å². The van der Waals surface area contributed by atoms with Gasteiger partial charge in [-0.05, 0) is 31.0 Å². The lowest BCUT2D eigenvalue weighted by Crippen LogP contribution is -2.21. The van der Waals surface area contributed by atoms with E-state index in [0.717, 1.165) is 16.9 Å². The van der Waals surface area contributed by atoms with Crippen molar-refractivity contribution in [3.05, 3.63) is 52.2 Å². The molecule has 1 N–H and O–H groups in total. The van der Waals surface area contributed by atoms with Crippen molar-refractivity contribution < 1.29 is 9.90 Å². The van der Waals surface area contributed by atoms with Gasteiger partial charge in [0.2, 0.25) is 0 Å². The zero-order chi connectivity index (χ0) is 14.9. The third-order valence-corrected chi connectivity index (χ3v) is 3.36. The van der Waals surface area contributed by atoms with Gasteiger partial charge in [-0.2, -0.15) is 0 Å². The number of aryl methyl sites for hydroxylation is 2. The molecule has 1 atom stereocenters. The molecule has 0 spiro atoms. The van der Waals surface area contributed by atoms with Gasteiger partial charge in [-0.3, -0.25) is 9.36 Å². The number of aromatic nitrogens is 2. The number of rotatable bonds is 4. The van der Waals surface area contributed by atoms with E-state index in [1.54, 1.807) is 24.7 Å². The molecule has 1 unspecified atom stereocenters. The Morgan fingerprint density at radius 1 is 1.40 bits per heavy atom. The summed E-state index contributed by atoms with van der Waals surface area (Å²) in [4.78, 5) is 23.0. The standard InChI is InChI=1S/C15H18N2O3/c1-10(14(18)19)7-12-5-4-6-13(8-12)17-11(2)9-16(3)15(17)20/h4-6,8-10H,7H2,1-3H3,(H,18,19). The number of benzene rings is 1. The second kappa shape index (κ2) is 5.36. The normalized spacial score (nSPS) is 12.3. The van der Waals surface area contributed by atoms with Gasteiger partial charge in [0.15, 0.2) is 0 Å². The molecule has 0 fully saturated rings. The highest BCUT2D eigenvalue weighted by molar-refractivity contribution is 5.69. The van der Waals surface area contributed by atoms with Gasteiger partial charge < -0.3 is 9.67 Å². The van der Waals surface area contributed by atoms with E-state index >= 15 is 0 Å². The third-order valence-electron chi connectivity index (χ3n) is 3.36. The van der Waals surface area contributed by atoms with Gasteiger partial charge in [-0.15, -0.1) is 0 Å². The first-order chi connectivity index (χ1) is 9.40. The van der Waals surface area contributed by atoms with Crippen LogP contribution in [-0.4, -0.2) is 20.2 Å². The average molecular weight is 274 g/mol. The number of imidazole rings is 1. The van der Waals surface area contributed by atoms with E-state index in [1.165, 1.54) is 4.57 Å². The highest BCUT2D eigenvalue weighted by Crippen LogP contribution is 2.14. The highest BCUT2D eigenvalue weighted by Gasteiger charge is 2.13. The van der Waals surface area contributed by atoms with Crippen LogP contribution in [0.25, 0.3) is 5.69 Å². The van der Waals surface area contributed by atoms with Crippen molar-refractivity contribution in [3.63, 3.8) is 0 Å². The summed E-state index contributed by atoms with van der Waals surface area (Å²) < 4.78 is 3.15. The van der Waals surface area contributed by atoms with Crippen LogP contribution in [0.3, 0.4) is 0 Å². The predicted molar refractivity (Wildman–Crippen MR) is 76.3 cm³/mol. The molecule has 0 aliphatic carbocycles.